The highest BCUT2D eigenvalue weighted by atomic mass is 35.5. The molecule has 1 aliphatic heterocycles. The molecule has 21 heavy (non-hydrogen) atoms. The number of carbonyl (C=O) groups excluding carboxylic acids is 1. The SMILES string of the molecule is COC(=O)c1ccc2c(c1)N(c1ncccc1Cl)CCO2. The number of hydrogen-bond donors (Lipinski definition) is 0. The molecule has 6 heteroatoms. The van der Waals surface area contributed by atoms with Gasteiger partial charge in [-0.1, -0.05) is 11.6 Å². The minimum Gasteiger partial charge on any atom is -0.490 e. The fourth-order valence-corrected chi connectivity index (χ4v) is 2.48. The monoisotopic (exact) mass is 304 g/mol. The lowest BCUT2D eigenvalue weighted by molar-refractivity contribution is 0.0600. The van der Waals surface area contributed by atoms with Gasteiger partial charge in [-0.25, -0.2) is 9.78 Å². The van der Waals surface area contributed by atoms with Crippen molar-refractivity contribution in [3.05, 3.63) is 47.1 Å². The highest BCUT2D eigenvalue weighted by molar-refractivity contribution is 6.33. The molecule has 0 radical (unpaired) electrons. The van der Waals surface area contributed by atoms with Gasteiger partial charge in [-0.2, -0.15) is 0 Å². The van der Waals surface area contributed by atoms with Gasteiger partial charge in [0.2, 0.25) is 0 Å². The van der Waals surface area contributed by atoms with Gasteiger partial charge in [0.05, 0.1) is 29.9 Å². The predicted octanol–water partition coefficient (Wildman–Crippen LogP) is 3.05. The second-order valence-corrected chi connectivity index (χ2v) is 4.89. The number of nitrogens with zero attached hydrogens (tertiary/aromatic N) is 2. The summed E-state index contributed by atoms with van der Waals surface area (Å²) in [5, 5.41) is 0.550. The minimum absolute atomic E-state index is 0.393. The number of halogens is 1. The molecular weight excluding hydrogens is 292 g/mol. The van der Waals surface area contributed by atoms with Gasteiger partial charge in [0.15, 0.2) is 5.82 Å². The topological polar surface area (TPSA) is 51.7 Å². The summed E-state index contributed by atoms with van der Waals surface area (Å²) in [7, 11) is 1.35. The van der Waals surface area contributed by atoms with Crippen LogP contribution in [0.2, 0.25) is 5.02 Å². The molecule has 0 atom stereocenters. The van der Waals surface area contributed by atoms with Crippen LogP contribution in [0.15, 0.2) is 36.5 Å². The fraction of sp³-hybridized carbons (Fsp3) is 0.200. The van der Waals surface area contributed by atoms with Gasteiger partial charge < -0.3 is 14.4 Å². The second-order valence-electron chi connectivity index (χ2n) is 4.48. The Hall–Kier alpha value is -2.27. The number of pyridine rings is 1. The van der Waals surface area contributed by atoms with Crippen LogP contribution < -0.4 is 9.64 Å². The number of benzene rings is 1. The third kappa shape index (κ3) is 2.52. The first-order valence-electron chi connectivity index (χ1n) is 6.44. The summed E-state index contributed by atoms with van der Waals surface area (Å²) in [5.41, 5.74) is 1.21. The number of anilines is 2. The van der Waals surface area contributed by atoms with E-state index < -0.39 is 5.97 Å². The van der Waals surface area contributed by atoms with Crippen LogP contribution in [0, 0.1) is 0 Å². The summed E-state index contributed by atoms with van der Waals surface area (Å²) in [6.07, 6.45) is 1.68. The Bertz CT molecular complexity index is 690. The summed E-state index contributed by atoms with van der Waals surface area (Å²) in [6, 6.07) is 8.71. The van der Waals surface area contributed by atoms with E-state index in [4.69, 9.17) is 21.1 Å². The summed E-state index contributed by atoms with van der Waals surface area (Å²) >= 11 is 6.22. The number of rotatable bonds is 2. The standard InChI is InChI=1S/C15H13ClN2O3/c1-20-15(19)10-4-5-13-12(9-10)18(7-8-21-13)14-11(16)3-2-6-17-14/h2-6,9H,7-8H2,1H3. The molecular formula is C15H13ClN2O3. The number of hydrogen-bond acceptors (Lipinski definition) is 5. The van der Waals surface area contributed by atoms with Crippen LogP contribution in [0.4, 0.5) is 11.5 Å². The highest BCUT2D eigenvalue weighted by Gasteiger charge is 2.23. The number of carbonyl (C=O) groups is 1. The lowest BCUT2D eigenvalue weighted by Crippen LogP contribution is -2.29. The molecule has 0 spiro atoms. The normalized spacial score (nSPS) is 13.3. The van der Waals surface area contributed by atoms with E-state index in [-0.39, 0.29) is 0 Å². The van der Waals surface area contributed by atoms with Crippen LogP contribution in [0.3, 0.4) is 0 Å². The third-order valence-corrected chi connectivity index (χ3v) is 3.53. The minimum atomic E-state index is -0.393. The van der Waals surface area contributed by atoms with Crippen molar-refractivity contribution in [1.82, 2.24) is 4.98 Å². The lowest BCUT2D eigenvalue weighted by atomic mass is 10.1. The summed E-state index contributed by atoms with van der Waals surface area (Å²) in [4.78, 5) is 17.9. The van der Waals surface area contributed by atoms with E-state index in [1.807, 2.05) is 4.90 Å². The Labute approximate surface area is 127 Å². The Morgan fingerprint density at radius 3 is 3.05 bits per heavy atom. The zero-order valence-corrected chi connectivity index (χ0v) is 12.1. The molecule has 0 aliphatic carbocycles. The molecule has 0 saturated heterocycles. The number of aromatic nitrogens is 1. The van der Waals surface area contributed by atoms with E-state index in [2.05, 4.69) is 4.98 Å². The molecule has 0 amide bonds. The van der Waals surface area contributed by atoms with E-state index in [9.17, 15) is 4.79 Å². The fourth-order valence-electron chi connectivity index (χ4n) is 2.26. The predicted molar refractivity (Wildman–Crippen MR) is 79.5 cm³/mol. The lowest BCUT2D eigenvalue weighted by Gasteiger charge is -2.31. The van der Waals surface area contributed by atoms with Gasteiger partial charge in [-0.15, -0.1) is 0 Å². The van der Waals surface area contributed by atoms with E-state index in [0.717, 1.165) is 5.69 Å². The first kappa shape index (κ1) is 13.7. The molecule has 2 aromatic rings. The molecule has 0 bridgehead atoms. The zero-order valence-electron chi connectivity index (χ0n) is 11.4. The van der Waals surface area contributed by atoms with Crippen molar-refractivity contribution in [3.8, 4) is 5.75 Å². The van der Waals surface area contributed by atoms with Crippen molar-refractivity contribution in [2.75, 3.05) is 25.2 Å². The van der Waals surface area contributed by atoms with Gasteiger partial charge >= 0.3 is 5.97 Å². The molecule has 0 N–H and O–H groups in total. The van der Waals surface area contributed by atoms with Crippen molar-refractivity contribution in [2.24, 2.45) is 0 Å². The molecule has 1 aromatic carbocycles. The van der Waals surface area contributed by atoms with Crippen molar-refractivity contribution < 1.29 is 14.3 Å². The van der Waals surface area contributed by atoms with E-state index in [1.54, 1.807) is 36.5 Å². The molecule has 108 valence electrons. The molecule has 1 aromatic heterocycles. The zero-order chi connectivity index (χ0) is 14.8. The van der Waals surface area contributed by atoms with Crippen molar-refractivity contribution in [3.63, 3.8) is 0 Å². The van der Waals surface area contributed by atoms with Gasteiger partial charge in [0, 0.05) is 6.20 Å². The van der Waals surface area contributed by atoms with Gasteiger partial charge in [-0.3, -0.25) is 0 Å². The molecule has 0 saturated carbocycles. The molecule has 0 fully saturated rings. The first-order chi connectivity index (χ1) is 10.2. The molecule has 1 aliphatic rings. The maximum absolute atomic E-state index is 11.7. The van der Waals surface area contributed by atoms with Gasteiger partial charge in [0.1, 0.15) is 12.4 Å². The smallest absolute Gasteiger partial charge is 0.337 e. The maximum atomic E-state index is 11.7. The van der Waals surface area contributed by atoms with E-state index >= 15 is 0 Å². The Morgan fingerprint density at radius 2 is 2.29 bits per heavy atom. The average Bonchev–Trinajstić information content (AvgIpc) is 2.53. The third-order valence-electron chi connectivity index (χ3n) is 3.24. The quantitative estimate of drug-likeness (QED) is 0.798. The summed E-state index contributed by atoms with van der Waals surface area (Å²) in [5.74, 6) is 0.941. The largest absolute Gasteiger partial charge is 0.490 e. The van der Waals surface area contributed by atoms with E-state index in [1.165, 1.54) is 7.11 Å². The Balaban J connectivity index is 2.08. The molecule has 5 nitrogen and oxygen atoms in total. The first-order valence-corrected chi connectivity index (χ1v) is 6.81. The van der Waals surface area contributed by atoms with Crippen molar-refractivity contribution in [2.45, 2.75) is 0 Å². The summed E-state index contributed by atoms with van der Waals surface area (Å²) in [6.45, 7) is 1.13. The van der Waals surface area contributed by atoms with Gasteiger partial charge in [0.25, 0.3) is 0 Å². The van der Waals surface area contributed by atoms with Crippen molar-refractivity contribution in [1.29, 1.82) is 0 Å². The molecule has 2 heterocycles. The number of esters is 1. The number of methoxy groups -OCH3 is 1. The van der Waals surface area contributed by atoms with Gasteiger partial charge in [-0.05, 0) is 30.3 Å². The number of ether oxygens (including phenoxy) is 2. The van der Waals surface area contributed by atoms with Crippen LogP contribution in [-0.2, 0) is 4.74 Å². The Morgan fingerprint density at radius 1 is 1.43 bits per heavy atom. The Kier molecular flexibility index (Phi) is 3.66. The highest BCUT2D eigenvalue weighted by Crippen LogP contribution is 2.38. The molecule has 0 unspecified atom stereocenters. The summed E-state index contributed by atoms with van der Waals surface area (Å²) < 4.78 is 10.4. The van der Waals surface area contributed by atoms with Crippen LogP contribution in [0.5, 0.6) is 5.75 Å². The number of fused-ring (bicyclic) bond motifs is 1. The van der Waals surface area contributed by atoms with Crippen LogP contribution >= 0.6 is 11.6 Å². The average molecular weight is 305 g/mol. The van der Waals surface area contributed by atoms with Crippen LogP contribution in [0.1, 0.15) is 10.4 Å². The van der Waals surface area contributed by atoms with E-state index in [0.29, 0.717) is 35.3 Å². The second kappa shape index (κ2) is 5.61. The van der Waals surface area contributed by atoms with Crippen molar-refractivity contribution >= 4 is 29.1 Å². The van der Waals surface area contributed by atoms with Crippen LogP contribution in [0.25, 0.3) is 0 Å². The van der Waals surface area contributed by atoms with Crippen LogP contribution in [-0.4, -0.2) is 31.2 Å². The maximum Gasteiger partial charge on any atom is 0.337 e. The molecule has 3 rings (SSSR count).